The minimum absolute atomic E-state index is 0.0369. The predicted octanol–water partition coefficient (Wildman–Crippen LogP) is 2.67. The summed E-state index contributed by atoms with van der Waals surface area (Å²) >= 11 is 0. The van der Waals surface area contributed by atoms with Gasteiger partial charge < -0.3 is 4.74 Å². The van der Waals surface area contributed by atoms with Crippen molar-refractivity contribution in [3.05, 3.63) is 46.6 Å². The van der Waals surface area contributed by atoms with E-state index in [0.29, 0.717) is 10.7 Å². The van der Waals surface area contributed by atoms with Crippen LogP contribution in [-0.2, 0) is 16.0 Å². The average Bonchev–Trinajstić information content (AvgIpc) is 2.73. The van der Waals surface area contributed by atoms with Crippen molar-refractivity contribution in [2.75, 3.05) is 5.75 Å². The second-order valence-corrected chi connectivity index (χ2v) is 9.36. The molecular formula is C19H16F3N5O4S. The zero-order valence-corrected chi connectivity index (χ0v) is 17.8. The minimum Gasteiger partial charge on any atom is -0.471 e. The summed E-state index contributed by atoms with van der Waals surface area (Å²) in [4.78, 5) is 19.8. The van der Waals surface area contributed by atoms with Crippen molar-refractivity contribution in [3.8, 4) is 17.6 Å². The molecule has 3 aromatic heterocycles. The molecule has 0 spiro atoms. The van der Waals surface area contributed by atoms with Crippen LogP contribution >= 0.6 is 0 Å². The van der Waals surface area contributed by atoms with E-state index in [4.69, 9.17) is 10.00 Å². The van der Waals surface area contributed by atoms with Gasteiger partial charge in [0.1, 0.15) is 27.9 Å². The number of aromatic nitrogens is 4. The van der Waals surface area contributed by atoms with Crippen molar-refractivity contribution in [2.24, 2.45) is 0 Å². The number of nitrogens with zero attached hydrogens (tertiary/aromatic N) is 5. The molecule has 0 amide bonds. The quantitative estimate of drug-likeness (QED) is 0.560. The van der Waals surface area contributed by atoms with E-state index in [0.717, 1.165) is 24.5 Å². The third kappa shape index (κ3) is 4.40. The third-order valence-electron chi connectivity index (χ3n) is 4.29. The Balaban J connectivity index is 2.28. The molecule has 0 aliphatic heterocycles. The Kier molecular flexibility index (Phi) is 5.69. The van der Waals surface area contributed by atoms with E-state index in [1.54, 1.807) is 0 Å². The van der Waals surface area contributed by atoms with Gasteiger partial charge in [0, 0.05) is 11.5 Å². The fourth-order valence-electron chi connectivity index (χ4n) is 2.66. The molecule has 0 bridgehead atoms. The molecular weight excluding hydrogens is 451 g/mol. The highest BCUT2D eigenvalue weighted by Gasteiger charge is 2.33. The Morgan fingerprint density at radius 1 is 1.22 bits per heavy atom. The van der Waals surface area contributed by atoms with E-state index < -0.39 is 49.1 Å². The van der Waals surface area contributed by atoms with E-state index in [9.17, 15) is 26.4 Å². The molecule has 0 fully saturated rings. The van der Waals surface area contributed by atoms with E-state index in [1.165, 1.54) is 20.8 Å². The summed E-state index contributed by atoms with van der Waals surface area (Å²) in [5.74, 6) is -0.857. The maximum absolute atomic E-state index is 13.0. The number of hydrogen-bond donors (Lipinski definition) is 0. The summed E-state index contributed by atoms with van der Waals surface area (Å²) in [5, 5.41) is 13.0. The van der Waals surface area contributed by atoms with Crippen LogP contribution in [0.4, 0.5) is 13.2 Å². The number of rotatable bonds is 5. The molecule has 0 aliphatic rings. The number of nitriles is 1. The molecule has 3 heterocycles. The Hall–Kier alpha value is -3.53. The molecule has 0 aromatic carbocycles. The summed E-state index contributed by atoms with van der Waals surface area (Å²) in [5.41, 5.74) is -4.22. The molecule has 0 atom stereocenters. The standard InChI is InChI=1S/C19H16F3N5O4S/c1-4-32(29,30)13-7-12(31-18(2,3)10-23)9-24-16(13)27-17(28)15-11(8-25-27)5-6-14(26-15)19(20,21)22/h5-9H,4H2,1-3H3. The predicted molar refractivity (Wildman–Crippen MR) is 106 cm³/mol. The van der Waals surface area contributed by atoms with Crippen molar-refractivity contribution in [2.45, 2.75) is 37.4 Å². The number of pyridine rings is 2. The highest BCUT2D eigenvalue weighted by Crippen LogP contribution is 2.29. The molecule has 0 aliphatic carbocycles. The Morgan fingerprint density at radius 2 is 1.91 bits per heavy atom. The lowest BCUT2D eigenvalue weighted by molar-refractivity contribution is -0.140. The zero-order chi connectivity index (χ0) is 23.9. The van der Waals surface area contributed by atoms with Crippen LogP contribution in [0.2, 0.25) is 0 Å². The number of halogens is 3. The lowest BCUT2D eigenvalue weighted by Gasteiger charge is -2.19. The Labute approximate surface area is 180 Å². The third-order valence-corrected chi connectivity index (χ3v) is 6.02. The van der Waals surface area contributed by atoms with Crippen molar-refractivity contribution in [1.29, 1.82) is 5.26 Å². The maximum Gasteiger partial charge on any atom is 0.433 e. The number of fused-ring (bicyclic) bond motifs is 1. The fraction of sp³-hybridized carbons (Fsp3) is 0.316. The van der Waals surface area contributed by atoms with Gasteiger partial charge in [-0.25, -0.2) is 18.4 Å². The maximum atomic E-state index is 13.0. The van der Waals surface area contributed by atoms with Crippen LogP contribution < -0.4 is 10.3 Å². The van der Waals surface area contributed by atoms with Gasteiger partial charge >= 0.3 is 6.18 Å². The van der Waals surface area contributed by atoms with E-state index in [-0.39, 0.29) is 16.9 Å². The summed E-state index contributed by atoms with van der Waals surface area (Å²) < 4.78 is 70.5. The van der Waals surface area contributed by atoms with Crippen LogP contribution in [0.3, 0.4) is 0 Å². The lowest BCUT2D eigenvalue weighted by Crippen LogP contribution is -2.27. The Morgan fingerprint density at radius 3 is 2.50 bits per heavy atom. The first-order valence-corrected chi connectivity index (χ1v) is 10.7. The van der Waals surface area contributed by atoms with Crippen LogP contribution in [0.5, 0.6) is 5.75 Å². The largest absolute Gasteiger partial charge is 0.471 e. The highest BCUT2D eigenvalue weighted by molar-refractivity contribution is 7.91. The van der Waals surface area contributed by atoms with Gasteiger partial charge in [0.05, 0.1) is 18.1 Å². The van der Waals surface area contributed by atoms with E-state index >= 15 is 0 Å². The van der Waals surface area contributed by atoms with Crippen molar-refractivity contribution < 1.29 is 26.3 Å². The van der Waals surface area contributed by atoms with Gasteiger partial charge in [-0.15, -0.1) is 0 Å². The second kappa shape index (κ2) is 7.86. The first-order chi connectivity index (χ1) is 14.8. The van der Waals surface area contributed by atoms with Crippen LogP contribution in [0.25, 0.3) is 16.7 Å². The van der Waals surface area contributed by atoms with Gasteiger partial charge in [0.2, 0.25) is 0 Å². The number of alkyl halides is 3. The summed E-state index contributed by atoms with van der Waals surface area (Å²) in [6.45, 7) is 4.27. The van der Waals surface area contributed by atoms with Gasteiger partial charge in [-0.1, -0.05) is 6.92 Å². The molecule has 0 saturated carbocycles. The minimum atomic E-state index is -4.78. The average molecular weight is 467 g/mol. The van der Waals surface area contributed by atoms with Crippen LogP contribution in [0.1, 0.15) is 26.5 Å². The SMILES string of the molecule is CCS(=O)(=O)c1cc(OC(C)(C)C#N)cnc1-n1ncc2ccc(C(F)(F)F)nc2c1=O. The Bertz CT molecular complexity index is 1410. The molecule has 0 radical (unpaired) electrons. The molecule has 0 unspecified atom stereocenters. The molecule has 3 rings (SSSR count). The second-order valence-electron chi connectivity index (χ2n) is 7.11. The first-order valence-electron chi connectivity index (χ1n) is 9.09. The first kappa shape index (κ1) is 23.1. The number of ether oxygens (including phenoxy) is 1. The molecule has 13 heteroatoms. The molecule has 32 heavy (non-hydrogen) atoms. The summed E-state index contributed by atoms with van der Waals surface area (Å²) in [6.07, 6.45) is -2.62. The van der Waals surface area contributed by atoms with Crippen LogP contribution in [0, 0.1) is 11.3 Å². The molecule has 9 nitrogen and oxygen atoms in total. The van der Waals surface area contributed by atoms with Crippen molar-refractivity contribution in [3.63, 3.8) is 0 Å². The van der Waals surface area contributed by atoms with Gasteiger partial charge in [0.15, 0.2) is 21.3 Å². The highest BCUT2D eigenvalue weighted by atomic mass is 32.2. The molecule has 0 saturated heterocycles. The van der Waals surface area contributed by atoms with Gasteiger partial charge in [-0.05, 0) is 26.0 Å². The van der Waals surface area contributed by atoms with Gasteiger partial charge in [-0.2, -0.15) is 28.2 Å². The van der Waals surface area contributed by atoms with Gasteiger partial charge in [-0.3, -0.25) is 4.79 Å². The van der Waals surface area contributed by atoms with Crippen LogP contribution in [0.15, 0.2) is 40.3 Å². The van der Waals surface area contributed by atoms with Gasteiger partial charge in [0.25, 0.3) is 5.56 Å². The smallest absolute Gasteiger partial charge is 0.433 e. The van der Waals surface area contributed by atoms with Crippen LogP contribution in [-0.4, -0.2) is 39.5 Å². The van der Waals surface area contributed by atoms with Crippen molar-refractivity contribution >= 4 is 20.7 Å². The normalized spacial score (nSPS) is 12.5. The zero-order valence-electron chi connectivity index (χ0n) is 17.0. The summed E-state index contributed by atoms with van der Waals surface area (Å²) in [6, 6.07) is 4.72. The monoisotopic (exact) mass is 467 g/mol. The van der Waals surface area contributed by atoms with Crippen molar-refractivity contribution in [1.82, 2.24) is 19.7 Å². The molecule has 168 valence electrons. The summed E-state index contributed by atoms with van der Waals surface area (Å²) in [7, 11) is -3.99. The number of sulfone groups is 1. The molecule has 0 N–H and O–H groups in total. The number of hydrogen-bond acceptors (Lipinski definition) is 8. The lowest BCUT2D eigenvalue weighted by atomic mass is 10.2. The topological polar surface area (TPSA) is 128 Å². The van der Waals surface area contributed by atoms with E-state index in [2.05, 4.69) is 15.1 Å². The fourth-order valence-corrected chi connectivity index (χ4v) is 3.69. The van der Waals surface area contributed by atoms with E-state index in [1.807, 2.05) is 6.07 Å². The molecule has 3 aromatic rings.